The van der Waals surface area contributed by atoms with E-state index >= 15 is 0 Å². The van der Waals surface area contributed by atoms with Crippen molar-refractivity contribution in [3.05, 3.63) is 34.9 Å². The second-order valence-electron chi connectivity index (χ2n) is 4.85. The third-order valence-corrected chi connectivity index (χ3v) is 3.83. The number of rotatable bonds is 1. The van der Waals surface area contributed by atoms with E-state index in [0.717, 1.165) is 13.0 Å². The minimum absolute atomic E-state index is 0.321. The summed E-state index contributed by atoms with van der Waals surface area (Å²) >= 11 is 0. The molecular formula is C13H16N2O. The summed E-state index contributed by atoms with van der Waals surface area (Å²) in [7, 11) is 0. The van der Waals surface area contributed by atoms with Crippen molar-refractivity contribution in [2.45, 2.75) is 31.2 Å². The molecule has 3 rings (SSSR count). The van der Waals surface area contributed by atoms with Gasteiger partial charge in [0.15, 0.2) is 0 Å². The third kappa shape index (κ3) is 1.52. The van der Waals surface area contributed by atoms with Gasteiger partial charge in [-0.1, -0.05) is 6.07 Å². The number of carbonyl (C=O) groups excluding carboxylic acids is 1. The molecule has 16 heavy (non-hydrogen) atoms. The number of primary amides is 1. The van der Waals surface area contributed by atoms with Crippen molar-refractivity contribution in [2.75, 3.05) is 6.54 Å². The molecule has 1 aliphatic carbocycles. The van der Waals surface area contributed by atoms with E-state index in [1.54, 1.807) is 0 Å². The number of amides is 1. The largest absolute Gasteiger partial charge is 0.366 e. The fraction of sp³-hybridized carbons (Fsp3) is 0.462. The number of hydrogen-bond acceptors (Lipinski definition) is 2. The molecule has 3 heteroatoms. The maximum atomic E-state index is 11.2. The Labute approximate surface area is 95.0 Å². The second-order valence-corrected chi connectivity index (χ2v) is 4.85. The minimum Gasteiger partial charge on any atom is -0.366 e. The predicted octanol–water partition coefficient (Wildman–Crippen LogP) is 1.18. The van der Waals surface area contributed by atoms with E-state index in [2.05, 4.69) is 11.4 Å². The Bertz CT molecular complexity index is 442. The summed E-state index contributed by atoms with van der Waals surface area (Å²) in [5.41, 5.74) is 8.72. The number of nitrogens with two attached hydrogens (primary N) is 1. The second kappa shape index (κ2) is 3.59. The Balaban J connectivity index is 2.04. The lowest BCUT2D eigenvalue weighted by atomic mass is 9.76. The molecule has 3 nitrogen and oxygen atoms in total. The molecule has 2 aliphatic rings. The van der Waals surface area contributed by atoms with Gasteiger partial charge in [-0.25, -0.2) is 0 Å². The Hall–Kier alpha value is -1.35. The van der Waals surface area contributed by atoms with Crippen LogP contribution in [-0.2, 0) is 6.42 Å². The van der Waals surface area contributed by atoms with Gasteiger partial charge in [0.25, 0.3) is 0 Å². The maximum absolute atomic E-state index is 11.2. The summed E-state index contributed by atoms with van der Waals surface area (Å²) in [6, 6.07) is 6.55. The Kier molecular flexibility index (Phi) is 2.21. The number of benzene rings is 1. The Morgan fingerprint density at radius 2 is 2.31 bits per heavy atom. The first-order chi connectivity index (χ1) is 7.74. The monoisotopic (exact) mass is 216 g/mol. The van der Waals surface area contributed by atoms with Crippen LogP contribution in [0, 0.1) is 0 Å². The van der Waals surface area contributed by atoms with Crippen LogP contribution < -0.4 is 11.1 Å². The molecule has 3 N–H and O–H groups in total. The van der Waals surface area contributed by atoms with Gasteiger partial charge in [0.1, 0.15) is 0 Å². The van der Waals surface area contributed by atoms with Gasteiger partial charge in [0.05, 0.1) is 0 Å². The van der Waals surface area contributed by atoms with Crippen molar-refractivity contribution in [2.24, 2.45) is 5.73 Å². The smallest absolute Gasteiger partial charge is 0.248 e. The number of carbonyl (C=O) groups is 1. The van der Waals surface area contributed by atoms with E-state index in [-0.39, 0.29) is 5.91 Å². The number of hydrogen-bond donors (Lipinski definition) is 2. The van der Waals surface area contributed by atoms with E-state index in [4.69, 9.17) is 5.73 Å². The first-order valence-corrected chi connectivity index (χ1v) is 5.90. The van der Waals surface area contributed by atoms with Crippen molar-refractivity contribution < 1.29 is 4.79 Å². The topological polar surface area (TPSA) is 55.1 Å². The van der Waals surface area contributed by atoms with Crippen molar-refractivity contribution in [1.82, 2.24) is 5.32 Å². The van der Waals surface area contributed by atoms with Crippen molar-refractivity contribution >= 4 is 5.91 Å². The lowest BCUT2D eigenvalue weighted by molar-refractivity contribution is 0.1000. The third-order valence-electron chi connectivity index (χ3n) is 3.83. The van der Waals surface area contributed by atoms with E-state index in [1.807, 2.05) is 12.1 Å². The SMILES string of the molecule is NC(=O)c1ccc2c(c1)C1CCNC(C2)C1. The standard InChI is InChI=1S/C13H16N2O/c14-13(16)10-2-1-8-5-11-6-9(3-4-15-11)12(8)7-10/h1-2,7,9,11,15H,3-6H2,(H2,14,16). The molecule has 1 aliphatic heterocycles. The molecule has 2 bridgehead atoms. The highest BCUT2D eigenvalue weighted by molar-refractivity contribution is 5.93. The summed E-state index contributed by atoms with van der Waals surface area (Å²) in [6.07, 6.45) is 3.46. The molecule has 2 unspecified atom stereocenters. The Morgan fingerprint density at radius 1 is 1.44 bits per heavy atom. The van der Waals surface area contributed by atoms with Crippen molar-refractivity contribution in [3.8, 4) is 0 Å². The van der Waals surface area contributed by atoms with Gasteiger partial charge < -0.3 is 11.1 Å². The first-order valence-electron chi connectivity index (χ1n) is 5.90. The summed E-state index contributed by atoms with van der Waals surface area (Å²) in [5, 5.41) is 3.54. The summed E-state index contributed by atoms with van der Waals surface area (Å²) in [5.74, 6) is 0.299. The summed E-state index contributed by atoms with van der Waals surface area (Å²) in [4.78, 5) is 11.2. The van der Waals surface area contributed by atoms with E-state index < -0.39 is 0 Å². The number of fused-ring (bicyclic) bond motifs is 4. The first kappa shape index (κ1) is 9.85. The lowest BCUT2D eigenvalue weighted by Gasteiger charge is -2.37. The molecule has 1 aromatic carbocycles. The van der Waals surface area contributed by atoms with Crippen LogP contribution in [0.2, 0.25) is 0 Å². The highest BCUT2D eigenvalue weighted by Crippen LogP contribution is 2.36. The van der Waals surface area contributed by atoms with Gasteiger partial charge in [-0.15, -0.1) is 0 Å². The average molecular weight is 216 g/mol. The van der Waals surface area contributed by atoms with Crippen molar-refractivity contribution in [3.63, 3.8) is 0 Å². The molecule has 1 amide bonds. The normalized spacial score (nSPS) is 27.2. The molecule has 0 spiro atoms. The fourth-order valence-electron chi connectivity index (χ4n) is 3.02. The van der Waals surface area contributed by atoms with Gasteiger partial charge >= 0.3 is 0 Å². The van der Waals surface area contributed by atoms with E-state index in [0.29, 0.717) is 17.5 Å². The zero-order valence-corrected chi connectivity index (χ0v) is 9.20. The molecule has 0 aromatic heterocycles. The average Bonchev–Trinajstić information content (AvgIpc) is 2.29. The van der Waals surface area contributed by atoms with Crippen LogP contribution in [0.15, 0.2) is 18.2 Å². The molecule has 1 saturated heterocycles. The molecular weight excluding hydrogens is 200 g/mol. The zero-order chi connectivity index (χ0) is 11.1. The molecule has 1 heterocycles. The van der Waals surface area contributed by atoms with Gasteiger partial charge in [-0.05, 0) is 55.0 Å². The van der Waals surface area contributed by atoms with Gasteiger partial charge in [-0.3, -0.25) is 4.79 Å². The number of piperidine rings is 1. The zero-order valence-electron chi connectivity index (χ0n) is 9.20. The quantitative estimate of drug-likeness (QED) is 0.740. The molecule has 1 aromatic rings. The van der Waals surface area contributed by atoms with Gasteiger partial charge in [0.2, 0.25) is 5.91 Å². The van der Waals surface area contributed by atoms with Crippen LogP contribution in [0.4, 0.5) is 0 Å². The van der Waals surface area contributed by atoms with E-state index in [9.17, 15) is 4.79 Å². The van der Waals surface area contributed by atoms with Crippen LogP contribution in [0.25, 0.3) is 0 Å². The summed E-state index contributed by atoms with van der Waals surface area (Å²) in [6.45, 7) is 1.09. The highest BCUT2D eigenvalue weighted by atomic mass is 16.1. The minimum atomic E-state index is -0.321. The molecule has 84 valence electrons. The molecule has 0 saturated carbocycles. The maximum Gasteiger partial charge on any atom is 0.248 e. The number of nitrogens with one attached hydrogen (secondary N) is 1. The fourth-order valence-corrected chi connectivity index (χ4v) is 3.02. The van der Waals surface area contributed by atoms with Crippen LogP contribution in [0.3, 0.4) is 0 Å². The van der Waals surface area contributed by atoms with Crippen molar-refractivity contribution in [1.29, 1.82) is 0 Å². The van der Waals surface area contributed by atoms with Gasteiger partial charge in [-0.2, -0.15) is 0 Å². The molecule has 0 radical (unpaired) electrons. The molecule has 1 fully saturated rings. The van der Waals surface area contributed by atoms with E-state index in [1.165, 1.54) is 24.0 Å². The lowest BCUT2D eigenvalue weighted by Crippen LogP contribution is -2.42. The van der Waals surface area contributed by atoms with Crippen LogP contribution in [0.5, 0.6) is 0 Å². The highest BCUT2D eigenvalue weighted by Gasteiger charge is 2.30. The van der Waals surface area contributed by atoms with Gasteiger partial charge in [0, 0.05) is 11.6 Å². The summed E-state index contributed by atoms with van der Waals surface area (Å²) < 4.78 is 0. The molecule has 2 atom stereocenters. The van der Waals surface area contributed by atoms with Crippen LogP contribution in [0.1, 0.15) is 40.2 Å². The Morgan fingerprint density at radius 3 is 3.12 bits per heavy atom. The van der Waals surface area contributed by atoms with Crippen LogP contribution >= 0.6 is 0 Å². The van der Waals surface area contributed by atoms with Crippen LogP contribution in [-0.4, -0.2) is 18.5 Å². The predicted molar refractivity (Wildman–Crippen MR) is 62.4 cm³/mol.